The molecule has 0 bridgehead atoms. The molecule has 0 spiro atoms. The van der Waals surface area contributed by atoms with Gasteiger partial charge in [-0.3, -0.25) is 0 Å². The third kappa shape index (κ3) is 2.19. The molecule has 0 saturated carbocycles. The average molecular weight is 191 g/mol. The van der Waals surface area contributed by atoms with Crippen molar-refractivity contribution >= 4 is 0 Å². The molecule has 1 aliphatic rings. The van der Waals surface area contributed by atoms with Crippen molar-refractivity contribution in [1.82, 2.24) is 5.32 Å². The number of rotatable bonds is 0. The summed E-state index contributed by atoms with van der Waals surface area (Å²) in [5.74, 6) is -2.49. The molecule has 1 aliphatic heterocycles. The van der Waals surface area contributed by atoms with Gasteiger partial charge in [0.15, 0.2) is 0 Å². The first-order valence-electron chi connectivity index (χ1n) is 4.79. The molecule has 1 nitrogen and oxygen atoms in total. The second kappa shape index (κ2) is 2.91. The fourth-order valence-corrected chi connectivity index (χ4v) is 1.72. The Hall–Kier alpha value is -0.180. The summed E-state index contributed by atoms with van der Waals surface area (Å²) in [4.78, 5) is 0. The van der Waals surface area contributed by atoms with Crippen LogP contribution in [0.1, 0.15) is 40.5 Å². The fourth-order valence-electron chi connectivity index (χ4n) is 1.72. The van der Waals surface area contributed by atoms with Gasteiger partial charge in [0.1, 0.15) is 0 Å². The average Bonchev–Trinajstić information content (AvgIpc) is 1.80. The van der Waals surface area contributed by atoms with Gasteiger partial charge in [0.2, 0.25) is 0 Å². The molecule has 1 unspecified atom stereocenters. The molecule has 1 saturated heterocycles. The minimum Gasteiger partial charge on any atom is -0.311 e. The van der Waals surface area contributed by atoms with E-state index in [1.54, 1.807) is 0 Å². The minimum atomic E-state index is -2.49. The zero-order valence-corrected chi connectivity index (χ0v) is 8.88. The Morgan fingerprint density at radius 2 is 1.77 bits per heavy atom. The van der Waals surface area contributed by atoms with Crippen molar-refractivity contribution in [3.05, 3.63) is 0 Å². The summed E-state index contributed by atoms with van der Waals surface area (Å²) in [7, 11) is 0. The first-order valence-corrected chi connectivity index (χ1v) is 4.79. The Balaban J connectivity index is 2.81. The van der Waals surface area contributed by atoms with Gasteiger partial charge in [-0.25, -0.2) is 8.78 Å². The lowest BCUT2D eigenvalue weighted by molar-refractivity contribution is -0.0827. The van der Waals surface area contributed by atoms with Gasteiger partial charge in [0, 0.05) is 24.9 Å². The van der Waals surface area contributed by atoms with E-state index in [2.05, 4.69) is 5.32 Å². The lowest BCUT2D eigenvalue weighted by Crippen LogP contribution is -2.59. The predicted octanol–water partition coefficient (Wildman–Crippen LogP) is 2.81. The van der Waals surface area contributed by atoms with Crippen molar-refractivity contribution in [2.75, 3.05) is 6.54 Å². The SMILES string of the molecule is CC(C)(C)C1(C)CC(F)(F)CCN1. The second-order valence-electron chi connectivity index (χ2n) is 5.29. The molecule has 0 aromatic rings. The zero-order chi connectivity index (χ0) is 10.3. The monoisotopic (exact) mass is 191 g/mol. The molecular formula is C10H19F2N. The van der Waals surface area contributed by atoms with Crippen molar-refractivity contribution < 1.29 is 8.78 Å². The molecule has 1 atom stereocenters. The highest BCUT2D eigenvalue weighted by Gasteiger charge is 2.48. The van der Waals surface area contributed by atoms with Crippen molar-refractivity contribution in [3.63, 3.8) is 0 Å². The molecule has 1 fully saturated rings. The third-order valence-electron chi connectivity index (χ3n) is 3.27. The van der Waals surface area contributed by atoms with E-state index in [1.165, 1.54) is 0 Å². The lowest BCUT2D eigenvalue weighted by atomic mass is 9.69. The summed E-state index contributed by atoms with van der Waals surface area (Å²) in [5, 5.41) is 3.21. The van der Waals surface area contributed by atoms with Crippen LogP contribution in [0.25, 0.3) is 0 Å². The van der Waals surface area contributed by atoms with Gasteiger partial charge >= 0.3 is 0 Å². The van der Waals surface area contributed by atoms with Crippen LogP contribution < -0.4 is 5.32 Å². The fraction of sp³-hybridized carbons (Fsp3) is 1.00. The highest BCUT2D eigenvalue weighted by Crippen LogP contribution is 2.42. The minimum absolute atomic E-state index is 0.0291. The molecule has 78 valence electrons. The van der Waals surface area contributed by atoms with E-state index in [9.17, 15) is 8.78 Å². The Morgan fingerprint density at radius 1 is 1.23 bits per heavy atom. The molecule has 1 rings (SSSR count). The van der Waals surface area contributed by atoms with Gasteiger partial charge in [-0.1, -0.05) is 20.8 Å². The summed E-state index contributed by atoms with van der Waals surface area (Å²) in [5.41, 5.74) is -0.578. The number of halogens is 2. The predicted molar refractivity (Wildman–Crippen MR) is 50.0 cm³/mol. The van der Waals surface area contributed by atoms with Gasteiger partial charge in [0.25, 0.3) is 5.92 Å². The van der Waals surface area contributed by atoms with Crippen LogP contribution in [0.2, 0.25) is 0 Å². The topological polar surface area (TPSA) is 12.0 Å². The van der Waals surface area contributed by atoms with Gasteiger partial charge in [-0.05, 0) is 12.3 Å². The molecule has 0 radical (unpaired) electrons. The molecular weight excluding hydrogens is 172 g/mol. The van der Waals surface area contributed by atoms with Crippen LogP contribution in [-0.4, -0.2) is 18.0 Å². The largest absolute Gasteiger partial charge is 0.311 e. The molecule has 3 heteroatoms. The summed E-state index contributed by atoms with van der Waals surface area (Å²) in [6, 6.07) is 0. The van der Waals surface area contributed by atoms with Crippen LogP contribution in [0.3, 0.4) is 0 Å². The van der Waals surface area contributed by atoms with Gasteiger partial charge in [0.05, 0.1) is 0 Å². The number of hydrogen-bond acceptors (Lipinski definition) is 1. The lowest BCUT2D eigenvalue weighted by Gasteiger charge is -2.48. The maximum Gasteiger partial charge on any atom is 0.251 e. The van der Waals surface area contributed by atoms with Crippen LogP contribution >= 0.6 is 0 Å². The maximum atomic E-state index is 13.2. The van der Waals surface area contributed by atoms with E-state index in [-0.39, 0.29) is 18.3 Å². The summed E-state index contributed by atoms with van der Waals surface area (Å²) in [6.45, 7) is 8.31. The molecule has 0 aromatic carbocycles. The molecule has 0 aliphatic carbocycles. The smallest absolute Gasteiger partial charge is 0.251 e. The first-order chi connectivity index (χ1) is 5.66. The Kier molecular flexibility index (Phi) is 2.44. The van der Waals surface area contributed by atoms with Crippen molar-refractivity contribution in [1.29, 1.82) is 0 Å². The summed E-state index contributed by atoms with van der Waals surface area (Å²) >= 11 is 0. The van der Waals surface area contributed by atoms with Crippen LogP contribution in [0.15, 0.2) is 0 Å². The molecule has 0 amide bonds. The molecule has 13 heavy (non-hydrogen) atoms. The van der Waals surface area contributed by atoms with E-state index in [1.807, 2.05) is 27.7 Å². The highest BCUT2D eigenvalue weighted by atomic mass is 19.3. The van der Waals surface area contributed by atoms with Crippen molar-refractivity contribution in [2.24, 2.45) is 5.41 Å². The number of nitrogens with one attached hydrogen (secondary N) is 1. The van der Waals surface area contributed by atoms with Crippen LogP contribution in [0, 0.1) is 5.41 Å². The molecule has 1 N–H and O–H groups in total. The van der Waals surface area contributed by atoms with E-state index in [4.69, 9.17) is 0 Å². The summed E-state index contributed by atoms with van der Waals surface area (Å²) < 4.78 is 26.4. The van der Waals surface area contributed by atoms with Crippen LogP contribution in [-0.2, 0) is 0 Å². The standard InChI is InChI=1S/C10H19F2N/c1-8(2,3)9(4)7-10(11,12)5-6-13-9/h13H,5-7H2,1-4H3. The number of alkyl halides is 2. The van der Waals surface area contributed by atoms with E-state index in [0.29, 0.717) is 6.54 Å². The Bertz CT molecular complexity index is 196. The third-order valence-corrected chi connectivity index (χ3v) is 3.27. The number of piperidine rings is 1. The second-order valence-corrected chi connectivity index (χ2v) is 5.29. The van der Waals surface area contributed by atoms with Gasteiger partial charge < -0.3 is 5.32 Å². The highest BCUT2D eigenvalue weighted by molar-refractivity contribution is 5.00. The van der Waals surface area contributed by atoms with Crippen LogP contribution in [0.5, 0.6) is 0 Å². The molecule has 1 heterocycles. The Labute approximate surface area is 78.9 Å². The molecule has 0 aromatic heterocycles. The van der Waals surface area contributed by atoms with Gasteiger partial charge in [-0.2, -0.15) is 0 Å². The zero-order valence-electron chi connectivity index (χ0n) is 8.88. The van der Waals surface area contributed by atoms with Crippen molar-refractivity contribution in [2.45, 2.75) is 52.0 Å². The van der Waals surface area contributed by atoms with Crippen molar-refractivity contribution in [3.8, 4) is 0 Å². The maximum absolute atomic E-state index is 13.2. The first kappa shape index (κ1) is 10.9. The van der Waals surface area contributed by atoms with E-state index < -0.39 is 11.5 Å². The number of hydrogen-bond donors (Lipinski definition) is 1. The Morgan fingerprint density at radius 3 is 2.08 bits per heavy atom. The van der Waals surface area contributed by atoms with E-state index >= 15 is 0 Å². The van der Waals surface area contributed by atoms with Crippen LogP contribution in [0.4, 0.5) is 8.78 Å². The van der Waals surface area contributed by atoms with Gasteiger partial charge in [-0.15, -0.1) is 0 Å². The van der Waals surface area contributed by atoms with E-state index in [0.717, 1.165) is 0 Å². The normalized spacial score (nSPS) is 34.6. The quantitative estimate of drug-likeness (QED) is 0.621. The summed E-state index contributed by atoms with van der Waals surface area (Å²) in [6.07, 6.45) is -0.0812.